The maximum Gasteiger partial charge on any atom is 0.175 e. The number of rotatable bonds is 3. The molecule has 0 spiro atoms. The second-order valence-corrected chi connectivity index (χ2v) is 2.82. The molecule has 2 nitrogen and oxygen atoms in total. The van der Waals surface area contributed by atoms with Gasteiger partial charge in [-0.2, -0.15) is 0 Å². The molecule has 3 heteroatoms. The maximum atomic E-state index is 11.0. The molecule has 0 saturated heterocycles. The van der Waals surface area contributed by atoms with Crippen molar-refractivity contribution in [3.05, 3.63) is 22.4 Å². The van der Waals surface area contributed by atoms with Crippen LogP contribution in [0.1, 0.15) is 16.1 Å². The van der Waals surface area contributed by atoms with Crippen molar-refractivity contribution in [1.29, 1.82) is 0 Å². The largest absolute Gasteiger partial charge is 0.396 e. The number of Topliss-reactive ketones (excluding diaryl/α,β-unsaturated/α-hetero) is 1. The fraction of sp³-hybridized carbons (Fsp3) is 0.286. The average Bonchev–Trinajstić information content (AvgIpc) is 2.38. The van der Waals surface area contributed by atoms with Crippen molar-refractivity contribution in [1.82, 2.24) is 0 Å². The minimum Gasteiger partial charge on any atom is -0.396 e. The molecule has 1 aromatic heterocycles. The van der Waals surface area contributed by atoms with Gasteiger partial charge in [0.2, 0.25) is 0 Å². The lowest BCUT2D eigenvalue weighted by Crippen LogP contribution is -1.98. The first-order valence-corrected chi connectivity index (χ1v) is 3.90. The number of carbonyl (C=O) groups is 1. The van der Waals surface area contributed by atoms with Gasteiger partial charge in [0.05, 0.1) is 11.5 Å². The number of aliphatic hydroxyl groups is 1. The summed E-state index contributed by atoms with van der Waals surface area (Å²) in [6, 6.07) is 3.60. The standard InChI is InChI=1S/C7H8O2S/c8-4-3-6(9)7-2-1-5-10-7/h1-2,5,8H,3-4H2. The van der Waals surface area contributed by atoms with Crippen molar-refractivity contribution in [3.63, 3.8) is 0 Å². The summed E-state index contributed by atoms with van der Waals surface area (Å²) in [5.41, 5.74) is 0. The summed E-state index contributed by atoms with van der Waals surface area (Å²) < 4.78 is 0. The predicted molar refractivity (Wildman–Crippen MR) is 40.4 cm³/mol. The third-order valence-corrected chi connectivity index (χ3v) is 2.05. The van der Waals surface area contributed by atoms with E-state index in [1.807, 2.05) is 11.4 Å². The van der Waals surface area contributed by atoms with Crippen molar-refractivity contribution in [3.8, 4) is 0 Å². The lowest BCUT2D eigenvalue weighted by molar-refractivity contribution is 0.0960. The lowest BCUT2D eigenvalue weighted by atomic mass is 10.2. The van der Waals surface area contributed by atoms with Crippen LogP contribution in [0.25, 0.3) is 0 Å². The van der Waals surface area contributed by atoms with E-state index in [-0.39, 0.29) is 18.8 Å². The van der Waals surface area contributed by atoms with Crippen LogP contribution in [0, 0.1) is 0 Å². The quantitative estimate of drug-likeness (QED) is 0.670. The van der Waals surface area contributed by atoms with Crippen LogP contribution in [-0.2, 0) is 0 Å². The van der Waals surface area contributed by atoms with Gasteiger partial charge < -0.3 is 5.11 Å². The van der Waals surface area contributed by atoms with Gasteiger partial charge in [0.15, 0.2) is 5.78 Å². The van der Waals surface area contributed by atoms with E-state index in [1.54, 1.807) is 6.07 Å². The Labute approximate surface area is 63.1 Å². The van der Waals surface area contributed by atoms with Gasteiger partial charge in [-0.05, 0) is 11.4 Å². The van der Waals surface area contributed by atoms with Gasteiger partial charge in [-0.3, -0.25) is 4.79 Å². The van der Waals surface area contributed by atoms with Gasteiger partial charge in [-0.15, -0.1) is 11.3 Å². The van der Waals surface area contributed by atoms with Crippen molar-refractivity contribution in [2.24, 2.45) is 0 Å². The van der Waals surface area contributed by atoms with Crippen molar-refractivity contribution in [2.45, 2.75) is 6.42 Å². The van der Waals surface area contributed by atoms with Crippen LogP contribution >= 0.6 is 11.3 Å². The van der Waals surface area contributed by atoms with Crippen molar-refractivity contribution < 1.29 is 9.90 Å². The third-order valence-electron chi connectivity index (χ3n) is 1.13. The summed E-state index contributed by atoms with van der Waals surface area (Å²) in [5.74, 6) is 0.0255. The van der Waals surface area contributed by atoms with E-state index in [2.05, 4.69) is 0 Å². The highest BCUT2D eigenvalue weighted by atomic mass is 32.1. The van der Waals surface area contributed by atoms with Crippen molar-refractivity contribution in [2.75, 3.05) is 6.61 Å². The Bertz CT molecular complexity index is 203. The van der Waals surface area contributed by atoms with E-state index in [0.717, 1.165) is 4.88 Å². The fourth-order valence-electron chi connectivity index (χ4n) is 0.662. The number of ketones is 1. The molecule has 1 N–H and O–H groups in total. The summed E-state index contributed by atoms with van der Waals surface area (Å²) in [4.78, 5) is 11.7. The van der Waals surface area contributed by atoms with Crippen LogP contribution in [0.15, 0.2) is 17.5 Å². The number of hydrogen-bond acceptors (Lipinski definition) is 3. The molecule has 0 fully saturated rings. The average molecular weight is 156 g/mol. The molecule has 1 rings (SSSR count). The van der Waals surface area contributed by atoms with Crippen LogP contribution in [0.5, 0.6) is 0 Å². The zero-order chi connectivity index (χ0) is 7.40. The SMILES string of the molecule is O=C(CCO)c1cccs1. The molecule has 0 atom stereocenters. The highest BCUT2D eigenvalue weighted by Crippen LogP contribution is 2.10. The number of hydrogen-bond donors (Lipinski definition) is 1. The van der Waals surface area contributed by atoms with Gasteiger partial charge in [0.1, 0.15) is 0 Å². The molecule has 0 aliphatic rings. The van der Waals surface area contributed by atoms with E-state index in [1.165, 1.54) is 11.3 Å². The highest BCUT2D eigenvalue weighted by Gasteiger charge is 2.03. The Balaban J connectivity index is 2.59. The van der Waals surface area contributed by atoms with Gasteiger partial charge >= 0.3 is 0 Å². The fourth-order valence-corrected chi connectivity index (χ4v) is 1.36. The number of carbonyl (C=O) groups excluding carboxylic acids is 1. The molecule has 0 aromatic carbocycles. The normalized spacial score (nSPS) is 9.70. The molecule has 0 unspecified atom stereocenters. The Morgan fingerprint density at radius 3 is 3.00 bits per heavy atom. The summed E-state index contributed by atoms with van der Waals surface area (Å²) in [6.45, 7) is -0.0588. The van der Waals surface area contributed by atoms with Crippen LogP contribution in [0.4, 0.5) is 0 Å². The van der Waals surface area contributed by atoms with Gasteiger partial charge in [0.25, 0.3) is 0 Å². The Kier molecular flexibility index (Phi) is 2.59. The molecule has 10 heavy (non-hydrogen) atoms. The molecular weight excluding hydrogens is 148 g/mol. The van der Waals surface area contributed by atoms with Crippen LogP contribution in [0.3, 0.4) is 0 Å². The summed E-state index contributed by atoms with van der Waals surface area (Å²) in [5, 5.41) is 10.3. The molecule has 0 radical (unpaired) electrons. The molecule has 0 amide bonds. The van der Waals surface area contributed by atoms with E-state index in [0.29, 0.717) is 0 Å². The van der Waals surface area contributed by atoms with Crippen LogP contribution in [-0.4, -0.2) is 17.5 Å². The van der Waals surface area contributed by atoms with E-state index < -0.39 is 0 Å². The molecule has 54 valence electrons. The minimum atomic E-state index is -0.0588. The zero-order valence-electron chi connectivity index (χ0n) is 5.41. The number of thiophene rings is 1. The molecule has 0 saturated carbocycles. The van der Waals surface area contributed by atoms with E-state index in [4.69, 9.17) is 5.11 Å². The molecule has 0 aliphatic heterocycles. The Morgan fingerprint density at radius 1 is 1.70 bits per heavy atom. The molecule has 0 bridgehead atoms. The van der Waals surface area contributed by atoms with Crippen LogP contribution < -0.4 is 0 Å². The van der Waals surface area contributed by atoms with E-state index in [9.17, 15) is 4.79 Å². The van der Waals surface area contributed by atoms with Crippen LogP contribution in [0.2, 0.25) is 0 Å². The Hall–Kier alpha value is -0.670. The third kappa shape index (κ3) is 1.65. The van der Waals surface area contributed by atoms with Gasteiger partial charge in [0, 0.05) is 6.42 Å². The summed E-state index contributed by atoms with van der Waals surface area (Å²) in [7, 11) is 0. The van der Waals surface area contributed by atoms with Gasteiger partial charge in [-0.25, -0.2) is 0 Å². The summed E-state index contributed by atoms with van der Waals surface area (Å²) >= 11 is 1.41. The predicted octanol–water partition coefficient (Wildman–Crippen LogP) is 1.31. The lowest BCUT2D eigenvalue weighted by Gasteiger charge is -1.90. The number of aliphatic hydroxyl groups excluding tert-OH is 1. The minimum absolute atomic E-state index is 0.0255. The maximum absolute atomic E-state index is 11.0. The topological polar surface area (TPSA) is 37.3 Å². The molecule has 0 aliphatic carbocycles. The summed E-state index contributed by atoms with van der Waals surface area (Å²) in [6.07, 6.45) is 0.237. The molecule has 1 heterocycles. The molecular formula is C7H8O2S. The van der Waals surface area contributed by atoms with Crippen molar-refractivity contribution >= 4 is 17.1 Å². The molecule has 1 aromatic rings. The second kappa shape index (κ2) is 3.49. The van der Waals surface area contributed by atoms with Gasteiger partial charge in [-0.1, -0.05) is 6.07 Å². The first kappa shape index (κ1) is 7.44. The zero-order valence-corrected chi connectivity index (χ0v) is 6.23. The van der Waals surface area contributed by atoms with E-state index >= 15 is 0 Å². The smallest absolute Gasteiger partial charge is 0.175 e. The first-order valence-electron chi connectivity index (χ1n) is 3.02. The highest BCUT2D eigenvalue weighted by molar-refractivity contribution is 7.12. The first-order chi connectivity index (χ1) is 4.84. The Morgan fingerprint density at radius 2 is 2.50 bits per heavy atom. The monoisotopic (exact) mass is 156 g/mol. The second-order valence-electron chi connectivity index (χ2n) is 1.87.